The summed E-state index contributed by atoms with van der Waals surface area (Å²) < 4.78 is 7.67. The van der Waals surface area contributed by atoms with Crippen molar-refractivity contribution in [2.45, 2.75) is 39.2 Å². The Labute approximate surface area is 211 Å². The zero-order chi connectivity index (χ0) is 24.7. The van der Waals surface area contributed by atoms with Crippen LogP contribution >= 0.6 is 0 Å². The number of piperidine rings is 1. The SMILES string of the molecule is CCCCOc1ccc(-c2cc3c(N4CCC(C(=O)NCc5ccccn5)CC4)nccn3n2)cc1. The second kappa shape index (κ2) is 11.2. The fourth-order valence-electron chi connectivity index (χ4n) is 4.53. The molecule has 0 aliphatic carbocycles. The predicted molar refractivity (Wildman–Crippen MR) is 140 cm³/mol. The highest BCUT2D eigenvalue weighted by molar-refractivity contribution is 5.79. The van der Waals surface area contributed by atoms with E-state index in [4.69, 9.17) is 9.84 Å². The summed E-state index contributed by atoms with van der Waals surface area (Å²) in [5.74, 6) is 1.89. The van der Waals surface area contributed by atoms with Crippen molar-refractivity contribution in [2.75, 3.05) is 24.6 Å². The van der Waals surface area contributed by atoms with Crippen LogP contribution in [-0.2, 0) is 11.3 Å². The lowest BCUT2D eigenvalue weighted by Gasteiger charge is -2.32. The molecule has 36 heavy (non-hydrogen) atoms. The molecule has 1 aliphatic heterocycles. The number of aromatic nitrogens is 4. The van der Waals surface area contributed by atoms with Crippen LogP contribution in [0.15, 0.2) is 67.1 Å². The van der Waals surface area contributed by atoms with Crippen LogP contribution in [0.25, 0.3) is 16.8 Å². The molecule has 1 fully saturated rings. The summed E-state index contributed by atoms with van der Waals surface area (Å²) in [7, 11) is 0. The van der Waals surface area contributed by atoms with Crippen molar-refractivity contribution in [1.29, 1.82) is 0 Å². The zero-order valence-electron chi connectivity index (χ0n) is 20.6. The molecule has 1 aromatic carbocycles. The van der Waals surface area contributed by atoms with Gasteiger partial charge >= 0.3 is 0 Å². The number of carbonyl (C=O) groups is 1. The first-order valence-electron chi connectivity index (χ1n) is 12.7. The molecular formula is C28H32N6O2. The van der Waals surface area contributed by atoms with Crippen LogP contribution in [0.3, 0.4) is 0 Å². The minimum atomic E-state index is 0.00299. The van der Waals surface area contributed by atoms with Gasteiger partial charge < -0.3 is 15.0 Å². The minimum absolute atomic E-state index is 0.00299. The lowest BCUT2D eigenvalue weighted by molar-refractivity contribution is -0.125. The molecule has 0 atom stereocenters. The Hall–Kier alpha value is -3.94. The van der Waals surface area contributed by atoms with Crippen LogP contribution in [0.5, 0.6) is 5.75 Å². The first-order valence-corrected chi connectivity index (χ1v) is 12.7. The average molecular weight is 485 g/mol. The van der Waals surface area contributed by atoms with E-state index in [1.165, 1.54) is 0 Å². The Morgan fingerprint density at radius 1 is 1.08 bits per heavy atom. The van der Waals surface area contributed by atoms with Crippen molar-refractivity contribution >= 4 is 17.2 Å². The number of ether oxygens (including phenoxy) is 1. The largest absolute Gasteiger partial charge is 0.494 e. The van der Waals surface area contributed by atoms with Crippen LogP contribution in [0.2, 0.25) is 0 Å². The van der Waals surface area contributed by atoms with Gasteiger partial charge in [-0.15, -0.1) is 0 Å². The number of carbonyl (C=O) groups excluding carboxylic acids is 1. The molecule has 5 rings (SSSR count). The van der Waals surface area contributed by atoms with Gasteiger partial charge in [-0.3, -0.25) is 9.78 Å². The first-order chi connectivity index (χ1) is 17.7. The number of hydrogen-bond donors (Lipinski definition) is 1. The molecule has 8 heteroatoms. The highest BCUT2D eigenvalue weighted by Crippen LogP contribution is 2.29. The van der Waals surface area contributed by atoms with Crippen molar-refractivity contribution < 1.29 is 9.53 Å². The molecule has 1 amide bonds. The fourth-order valence-corrected chi connectivity index (χ4v) is 4.53. The van der Waals surface area contributed by atoms with Crippen molar-refractivity contribution in [3.05, 3.63) is 72.8 Å². The molecule has 3 aromatic heterocycles. The van der Waals surface area contributed by atoms with Gasteiger partial charge in [-0.25, -0.2) is 9.50 Å². The first kappa shape index (κ1) is 23.8. The molecule has 4 aromatic rings. The van der Waals surface area contributed by atoms with Gasteiger partial charge in [0.1, 0.15) is 11.3 Å². The number of rotatable bonds is 9. The van der Waals surface area contributed by atoms with Crippen LogP contribution in [0.4, 0.5) is 5.82 Å². The van der Waals surface area contributed by atoms with Crippen molar-refractivity contribution in [3.63, 3.8) is 0 Å². The Bertz CT molecular complexity index is 1280. The molecule has 0 radical (unpaired) electrons. The Balaban J connectivity index is 1.23. The number of anilines is 1. The van der Waals surface area contributed by atoms with Crippen molar-refractivity contribution in [1.82, 2.24) is 24.9 Å². The third-order valence-electron chi connectivity index (χ3n) is 6.62. The van der Waals surface area contributed by atoms with Gasteiger partial charge in [-0.1, -0.05) is 19.4 Å². The molecular weight excluding hydrogens is 452 g/mol. The van der Waals surface area contributed by atoms with Gasteiger partial charge in [-0.05, 0) is 61.7 Å². The predicted octanol–water partition coefficient (Wildman–Crippen LogP) is 4.50. The number of amides is 1. The zero-order valence-corrected chi connectivity index (χ0v) is 20.6. The third kappa shape index (κ3) is 5.48. The number of fused-ring (bicyclic) bond motifs is 1. The number of unbranched alkanes of at least 4 members (excludes halogenated alkanes) is 1. The summed E-state index contributed by atoms with van der Waals surface area (Å²) in [6.07, 6.45) is 9.16. The summed E-state index contributed by atoms with van der Waals surface area (Å²) in [5.41, 5.74) is 3.77. The normalized spacial score (nSPS) is 14.2. The number of nitrogens with zero attached hydrogens (tertiary/aromatic N) is 5. The smallest absolute Gasteiger partial charge is 0.223 e. The Morgan fingerprint density at radius 3 is 2.67 bits per heavy atom. The molecule has 4 heterocycles. The molecule has 1 N–H and O–H groups in total. The molecule has 0 unspecified atom stereocenters. The number of benzene rings is 1. The van der Waals surface area contributed by atoms with E-state index in [1.807, 2.05) is 53.2 Å². The van der Waals surface area contributed by atoms with Crippen molar-refractivity contribution in [2.24, 2.45) is 5.92 Å². The number of nitrogens with one attached hydrogen (secondary N) is 1. The van der Waals surface area contributed by atoms with E-state index in [-0.39, 0.29) is 11.8 Å². The van der Waals surface area contributed by atoms with Crippen molar-refractivity contribution in [3.8, 4) is 17.0 Å². The standard InChI is InChI=1S/C28H32N6O2/c1-2-3-18-36-24-9-7-21(8-10-24)25-19-26-27(30-14-17-34(26)32-25)33-15-11-22(12-16-33)28(35)31-20-23-6-4-5-13-29-23/h4-10,13-14,17,19,22H,2-3,11-12,15-16,18,20H2,1H3,(H,31,35). The summed E-state index contributed by atoms with van der Waals surface area (Å²) in [5, 5.41) is 7.81. The van der Waals surface area contributed by atoms with E-state index in [2.05, 4.69) is 33.2 Å². The molecule has 186 valence electrons. The van der Waals surface area contributed by atoms with Crippen LogP contribution in [-0.4, -0.2) is 45.2 Å². The fraction of sp³-hybridized carbons (Fsp3) is 0.357. The second-order valence-corrected chi connectivity index (χ2v) is 9.14. The second-order valence-electron chi connectivity index (χ2n) is 9.14. The summed E-state index contributed by atoms with van der Waals surface area (Å²) in [4.78, 5) is 23.9. The third-order valence-corrected chi connectivity index (χ3v) is 6.62. The van der Waals surface area contributed by atoms with E-state index in [0.29, 0.717) is 6.54 Å². The minimum Gasteiger partial charge on any atom is -0.494 e. The topological polar surface area (TPSA) is 84.6 Å². The van der Waals surface area contributed by atoms with E-state index in [0.717, 1.165) is 79.4 Å². The molecule has 1 saturated heterocycles. The lowest BCUT2D eigenvalue weighted by Crippen LogP contribution is -2.40. The highest BCUT2D eigenvalue weighted by Gasteiger charge is 2.26. The molecule has 0 saturated carbocycles. The maximum atomic E-state index is 12.7. The van der Waals surface area contributed by atoms with Gasteiger partial charge in [0.05, 0.1) is 24.5 Å². The van der Waals surface area contributed by atoms with Gasteiger partial charge in [0.15, 0.2) is 5.82 Å². The molecule has 8 nitrogen and oxygen atoms in total. The molecule has 0 spiro atoms. The summed E-state index contributed by atoms with van der Waals surface area (Å²) in [6.45, 7) is 4.91. The quantitative estimate of drug-likeness (QED) is 0.352. The van der Waals surface area contributed by atoms with E-state index >= 15 is 0 Å². The number of hydrogen-bond acceptors (Lipinski definition) is 6. The maximum Gasteiger partial charge on any atom is 0.223 e. The van der Waals surface area contributed by atoms with Crippen LogP contribution in [0.1, 0.15) is 38.3 Å². The van der Waals surface area contributed by atoms with E-state index < -0.39 is 0 Å². The molecule has 0 bridgehead atoms. The Morgan fingerprint density at radius 2 is 1.92 bits per heavy atom. The van der Waals surface area contributed by atoms with Crippen LogP contribution in [0, 0.1) is 5.92 Å². The van der Waals surface area contributed by atoms with Gasteiger partial charge in [0.25, 0.3) is 0 Å². The summed E-state index contributed by atoms with van der Waals surface area (Å²) >= 11 is 0. The van der Waals surface area contributed by atoms with E-state index in [9.17, 15) is 4.79 Å². The number of pyridine rings is 1. The molecule has 1 aliphatic rings. The average Bonchev–Trinajstić information content (AvgIpc) is 3.38. The van der Waals surface area contributed by atoms with Crippen LogP contribution < -0.4 is 15.0 Å². The Kier molecular flexibility index (Phi) is 7.40. The van der Waals surface area contributed by atoms with E-state index in [1.54, 1.807) is 12.4 Å². The van der Waals surface area contributed by atoms with Gasteiger partial charge in [-0.2, -0.15) is 5.10 Å². The van der Waals surface area contributed by atoms with Gasteiger partial charge in [0.2, 0.25) is 5.91 Å². The monoisotopic (exact) mass is 484 g/mol. The maximum absolute atomic E-state index is 12.7. The lowest BCUT2D eigenvalue weighted by atomic mass is 9.96. The van der Waals surface area contributed by atoms with Gasteiger partial charge in [0, 0.05) is 43.2 Å². The highest BCUT2D eigenvalue weighted by atomic mass is 16.5. The summed E-state index contributed by atoms with van der Waals surface area (Å²) in [6, 6.07) is 15.9.